The van der Waals surface area contributed by atoms with E-state index in [0.29, 0.717) is 0 Å². The number of rotatable bonds is 3. The molecular weight excluding hydrogens is 226 g/mol. The Bertz CT molecular complexity index is 389. The first-order valence-electron chi connectivity index (χ1n) is 5.16. The largest absolute Gasteiger partial charge is 0.335 e. The van der Waals surface area contributed by atoms with E-state index in [-0.39, 0.29) is 0 Å². The maximum Gasteiger partial charge on any atom is 0.0728 e. The van der Waals surface area contributed by atoms with Gasteiger partial charge in [-0.3, -0.25) is 0 Å². The third-order valence-electron chi connectivity index (χ3n) is 2.48. The molecule has 15 heavy (non-hydrogen) atoms. The molecule has 0 radical (unpaired) electrons. The molecule has 3 heteroatoms. The van der Waals surface area contributed by atoms with E-state index in [1.165, 1.54) is 23.4 Å². The fraction of sp³-hybridized carbons (Fsp3) is 0.333. The highest BCUT2D eigenvalue weighted by atomic mass is 35.5. The van der Waals surface area contributed by atoms with Crippen LogP contribution in [0.5, 0.6) is 0 Å². The zero-order valence-corrected chi connectivity index (χ0v) is 10.4. The number of anilines is 1. The van der Waals surface area contributed by atoms with Crippen LogP contribution in [-0.2, 0) is 0 Å². The highest BCUT2D eigenvalue weighted by Crippen LogP contribution is 2.46. The van der Waals surface area contributed by atoms with Crippen LogP contribution in [0.25, 0.3) is 0 Å². The normalized spacial score (nSPS) is 14.5. The summed E-state index contributed by atoms with van der Waals surface area (Å²) in [7, 11) is 0. The Hall–Kier alpha value is -0.600. The summed E-state index contributed by atoms with van der Waals surface area (Å²) in [5.41, 5.74) is 1.21. The van der Waals surface area contributed by atoms with Crippen LogP contribution < -0.4 is 4.90 Å². The molecule has 0 amide bonds. The zero-order chi connectivity index (χ0) is 10.8. The van der Waals surface area contributed by atoms with Gasteiger partial charge in [-0.2, -0.15) is 0 Å². The molecule has 0 fully saturated rings. The monoisotopic (exact) mass is 239 g/mol. The van der Waals surface area contributed by atoms with E-state index in [9.17, 15) is 0 Å². The minimum atomic E-state index is 0.797. The first kappa shape index (κ1) is 10.9. The number of hydrogen-bond acceptors (Lipinski definition) is 2. The lowest BCUT2D eigenvalue weighted by atomic mass is 10.2. The van der Waals surface area contributed by atoms with E-state index in [4.69, 9.17) is 11.6 Å². The summed E-state index contributed by atoms with van der Waals surface area (Å²) in [4.78, 5) is 3.52. The van der Waals surface area contributed by atoms with Crippen molar-refractivity contribution in [2.24, 2.45) is 0 Å². The smallest absolute Gasteiger partial charge is 0.0728 e. The van der Waals surface area contributed by atoms with Gasteiger partial charge in [0.15, 0.2) is 0 Å². The Morgan fingerprint density at radius 1 is 1.47 bits per heavy atom. The second-order valence-corrected chi connectivity index (χ2v) is 5.16. The van der Waals surface area contributed by atoms with E-state index in [0.717, 1.165) is 16.6 Å². The van der Waals surface area contributed by atoms with Gasteiger partial charge in [0.1, 0.15) is 0 Å². The summed E-state index contributed by atoms with van der Waals surface area (Å²) in [5.74, 6) is 0. The summed E-state index contributed by atoms with van der Waals surface area (Å²) < 4.78 is 0. The molecule has 0 bridgehead atoms. The van der Waals surface area contributed by atoms with Crippen molar-refractivity contribution in [1.82, 2.24) is 0 Å². The van der Waals surface area contributed by atoms with Crippen LogP contribution >= 0.6 is 23.4 Å². The summed E-state index contributed by atoms with van der Waals surface area (Å²) in [6.45, 7) is 7.32. The molecular formula is C12H14ClNS. The topological polar surface area (TPSA) is 3.24 Å². The minimum absolute atomic E-state index is 0.797. The summed E-state index contributed by atoms with van der Waals surface area (Å²) in [6.07, 6.45) is 2.38. The van der Waals surface area contributed by atoms with Gasteiger partial charge < -0.3 is 4.90 Å². The highest BCUT2D eigenvalue weighted by molar-refractivity contribution is 8.03. The number of nitrogens with zero attached hydrogens (tertiary/aromatic N) is 1. The Morgan fingerprint density at radius 3 is 3.00 bits per heavy atom. The van der Waals surface area contributed by atoms with Crippen LogP contribution in [0, 0.1) is 0 Å². The van der Waals surface area contributed by atoms with Crippen LogP contribution in [0.3, 0.4) is 0 Å². The van der Waals surface area contributed by atoms with Crippen LogP contribution in [0.1, 0.15) is 19.8 Å². The summed E-state index contributed by atoms with van der Waals surface area (Å²) >= 11 is 7.74. The SMILES string of the molecule is C=C1Sc2ccc(Cl)cc2N1CCCC. The Labute approximate surface area is 100 Å². The second-order valence-electron chi connectivity index (χ2n) is 3.61. The van der Waals surface area contributed by atoms with Gasteiger partial charge in [0, 0.05) is 16.5 Å². The number of benzene rings is 1. The molecule has 80 valence electrons. The van der Waals surface area contributed by atoms with E-state index >= 15 is 0 Å². The van der Waals surface area contributed by atoms with Crippen LogP contribution in [-0.4, -0.2) is 6.54 Å². The van der Waals surface area contributed by atoms with Crippen LogP contribution in [0.2, 0.25) is 5.02 Å². The number of unbranched alkanes of at least 4 members (excludes halogenated alkanes) is 1. The predicted molar refractivity (Wildman–Crippen MR) is 68.7 cm³/mol. The van der Waals surface area contributed by atoms with Crippen molar-refractivity contribution in [1.29, 1.82) is 0 Å². The second kappa shape index (κ2) is 4.50. The maximum atomic E-state index is 6.00. The number of halogens is 1. The van der Waals surface area contributed by atoms with Gasteiger partial charge in [0.2, 0.25) is 0 Å². The number of fused-ring (bicyclic) bond motifs is 1. The van der Waals surface area contributed by atoms with Crippen LogP contribution in [0.4, 0.5) is 5.69 Å². The van der Waals surface area contributed by atoms with Crippen molar-refractivity contribution in [2.75, 3.05) is 11.4 Å². The Morgan fingerprint density at radius 2 is 2.27 bits per heavy atom. The molecule has 1 nitrogen and oxygen atoms in total. The zero-order valence-electron chi connectivity index (χ0n) is 8.79. The van der Waals surface area contributed by atoms with Crippen molar-refractivity contribution < 1.29 is 0 Å². The van der Waals surface area contributed by atoms with Gasteiger partial charge >= 0.3 is 0 Å². The highest BCUT2D eigenvalue weighted by Gasteiger charge is 2.22. The molecule has 1 aromatic carbocycles. The predicted octanol–water partition coefficient (Wildman–Crippen LogP) is 4.52. The first-order chi connectivity index (χ1) is 7.22. The number of hydrogen-bond donors (Lipinski definition) is 0. The van der Waals surface area contributed by atoms with Gasteiger partial charge in [0.25, 0.3) is 0 Å². The van der Waals surface area contributed by atoms with Gasteiger partial charge in [-0.25, -0.2) is 0 Å². The van der Waals surface area contributed by atoms with Crippen LogP contribution in [0.15, 0.2) is 34.7 Å². The molecule has 2 rings (SSSR count). The third-order valence-corrected chi connectivity index (χ3v) is 3.73. The first-order valence-corrected chi connectivity index (χ1v) is 6.35. The quantitative estimate of drug-likeness (QED) is 0.763. The third kappa shape index (κ3) is 2.16. The number of thioether (sulfide) groups is 1. The molecule has 0 aromatic heterocycles. The van der Waals surface area contributed by atoms with Crippen molar-refractivity contribution >= 4 is 29.1 Å². The fourth-order valence-corrected chi connectivity index (χ4v) is 2.80. The van der Waals surface area contributed by atoms with Gasteiger partial charge in [-0.05, 0) is 24.6 Å². The molecule has 1 aliphatic heterocycles. The molecule has 1 aromatic rings. The Balaban J connectivity index is 2.27. The maximum absolute atomic E-state index is 6.00. The molecule has 0 aliphatic carbocycles. The van der Waals surface area contributed by atoms with Gasteiger partial charge in [0.05, 0.1) is 10.7 Å². The molecule has 0 atom stereocenters. The lowest BCUT2D eigenvalue weighted by molar-refractivity contribution is 0.780. The molecule has 1 heterocycles. The van der Waals surface area contributed by atoms with E-state index in [2.05, 4.69) is 24.5 Å². The van der Waals surface area contributed by atoms with Crippen molar-refractivity contribution in [3.05, 3.63) is 34.8 Å². The van der Waals surface area contributed by atoms with Crippen molar-refractivity contribution in [2.45, 2.75) is 24.7 Å². The van der Waals surface area contributed by atoms with E-state index in [1.54, 1.807) is 11.8 Å². The lowest BCUT2D eigenvalue weighted by Crippen LogP contribution is -2.18. The average molecular weight is 240 g/mol. The van der Waals surface area contributed by atoms with Crippen molar-refractivity contribution in [3.8, 4) is 0 Å². The summed E-state index contributed by atoms with van der Waals surface area (Å²) in [5, 5.41) is 1.91. The van der Waals surface area contributed by atoms with Gasteiger partial charge in [-0.15, -0.1) is 0 Å². The molecule has 0 N–H and O–H groups in total. The standard InChI is InChI=1S/C12H14ClNS/c1-3-4-7-14-9(2)15-12-6-5-10(13)8-11(12)14/h5-6,8H,2-4,7H2,1H3. The minimum Gasteiger partial charge on any atom is -0.335 e. The molecule has 0 saturated heterocycles. The van der Waals surface area contributed by atoms with E-state index in [1.807, 2.05) is 12.1 Å². The van der Waals surface area contributed by atoms with E-state index < -0.39 is 0 Å². The molecule has 0 unspecified atom stereocenters. The lowest BCUT2D eigenvalue weighted by Gasteiger charge is -2.19. The summed E-state index contributed by atoms with van der Waals surface area (Å²) in [6, 6.07) is 6.03. The van der Waals surface area contributed by atoms with Gasteiger partial charge in [-0.1, -0.05) is 43.3 Å². The fourth-order valence-electron chi connectivity index (χ4n) is 1.67. The molecule has 0 spiro atoms. The molecule has 0 saturated carbocycles. The molecule has 1 aliphatic rings. The van der Waals surface area contributed by atoms with Crippen molar-refractivity contribution in [3.63, 3.8) is 0 Å². The Kier molecular flexibility index (Phi) is 3.27. The average Bonchev–Trinajstić information content (AvgIpc) is 2.51.